The molecule has 2 aliphatic carbocycles. The Bertz CT molecular complexity index is 1380. The number of allylic oxidation sites excluding steroid dienone is 2. The Hall–Kier alpha value is -3.94. The van der Waals surface area contributed by atoms with Gasteiger partial charge >= 0.3 is 11.9 Å². The van der Waals surface area contributed by atoms with Crippen LogP contribution in [0.25, 0.3) is 0 Å². The van der Waals surface area contributed by atoms with E-state index in [4.69, 9.17) is 23.9 Å². The number of carbonyl (C=O) groups excluding carboxylic acids is 3. The zero-order valence-electron chi connectivity index (χ0n) is 24.1. The molecule has 0 spiro atoms. The SMILES string of the molecule is COC(=O)c1ccc([C@@H]2C3=C(C[C@H](c4ccc(OC)c(OC)c4)CC3=O)N=C(C)C2C(=O)OC2CCCCC2)cc1. The van der Waals surface area contributed by atoms with E-state index < -0.39 is 17.8 Å². The molecule has 8 heteroatoms. The lowest BCUT2D eigenvalue weighted by molar-refractivity contribution is -0.153. The topological polar surface area (TPSA) is 100 Å². The van der Waals surface area contributed by atoms with Gasteiger partial charge in [-0.25, -0.2) is 4.79 Å². The van der Waals surface area contributed by atoms with E-state index in [-0.39, 0.29) is 30.2 Å². The van der Waals surface area contributed by atoms with Crippen molar-refractivity contribution in [1.29, 1.82) is 0 Å². The number of nitrogens with zero attached hydrogens (tertiary/aromatic N) is 1. The number of esters is 2. The van der Waals surface area contributed by atoms with Crippen LogP contribution in [0, 0.1) is 5.92 Å². The molecule has 0 bridgehead atoms. The third kappa shape index (κ3) is 5.78. The van der Waals surface area contributed by atoms with Crippen molar-refractivity contribution in [3.8, 4) is 11.5 Å². The van der Waals surface area contributed by atoms with Gasteiger partial charge in [0.2, 0.25) is 0 Å². The second-order valence-corrected chi connectivity index (χ2v) is 11.0. The number of Topliss-reactive ketones (excluding diaryl/α,β-unsaturated/α-hetero) is 1. The van der Waals surface area contributed by atoms with Crippen molar-refractivity contribution >= 4 is 23.4 Å². The predicted octanol–water partition coefficient (Wildman–Crippen LogP) is 5.94. The molecule has 0 N–H and O–H groups in total. The summed E-state index contributed by atoms with van der Waals surface area (Å²) in [6.45, 7) is 1.84. The maximum absolute atomic E-state index is 14.0. The highest BCUT2D eigenvalue weighted by Crippen LogP contribution is 2.47. The Balaban J connectivity index is 1.52. The Morgan fingerprint density at radius 1 is 0.854 bits per heavy atom. The van der Waals surface area contributed by atoms with Gasteiger partial charge in [0.25, 0.3) is 0 Å². The minimum absolute atomic E-state index is 0.0419. The fraction of sp³-hybridized carbons (Fsp3) is 0.455. The van der Waals surface area contributed by atoms with Gasteiger partial charge in [-0.05, 0) is 80.3 Å². The van der Waals surface area contributed by atoms with Crippen LogP contribution in [0.4, 0.5) is 0 Å². The van der Waals surface area contributed by atoms with E-state index in [2.05, 4.69) is 0 Å². The molecule has 1 unspecified atom stereocenters. The van der Waals surface area contributed by atoms with Crippen LogP contribution >= 0.6 is 0 Å². The van der Waals surface area contributed by atoms with Crippen LogP contribution in [0.5, 0.6) is 11.5 Å². The van der Waals surface area contributed by atoms with Crippen LogP contribution in [-0.4, -0.2) is 50.9 Å². The monoisotopic (exact) mass is 559 g/mol. The van der Waals surface area contributed by atoms with Gasteiger partial charge < -0.3 is 18.9 Å². The minimum Gasteiger partial charge on any atom is -0.493 e. The van der Waals surface area contributed by atoms with E-state index in [0.717, 1.165) is 43.2 Å². The molecule has 2 aromatic rings. The van der Waals surface area contributed by atoms with Crippen LogP contribution in [0.2, 0.25) is 0 Å². The second-order valence-electron chi connectivity index (χ2n) is 11.0. The Morgan fingerprint density at radius 3 is 2.20 bits per heavy atom. The van der Waals surface area contributed by atoms with E-state index in [9.17, 15) is 14.4 Å². The fourth-order valence-corrected chi connectivity index (χ4v) is 6.43. The van der Waals surface area contributed by atoms with E-state index in [1.807, 2.05) is 25.1 Å². The maximum Gasteiger partial charge on any atom is 0.337 e. The van der Waals surface area contributed by atoms with Gasteiger partial charge in [-0.3, -0.25) is 14.6 Å². The number of aliphatic imine (C=N–C) groups is 1. The molecular weight excluding hydrogens is 522 g/mol. The van der Waals surface area contributed by atoms with Gasteiger partial charge in [0.05, 0.1) is 26.9 Å². The highest BCUT2D eigenvalue weighted by molar-refractivity contribution is 6.09. The van der Waals surface area contributed by atoms with Gasteiger partial charge in [0.15, 0.2) is 17.3 Å². The summed E-state index contributed by atoms with van der Waals surface area (Å²) >= 11 is 0. The van der Waals surface area contributed by atoms with E-state index in [1.54, 1.807) is 38.5 Å². The number of rotatable bonds is 7. The van der Waals surface area contributed by atoms with Crippen molar-refractivity contribution in [2.45, 2.75) is 69.8 Å². The lowest BCUT2D eigenvalue weighted by Crippen LogP contribution is -2.39. The maximum atomic E-state index is 14.0. The normalized spacial score (nSPS) is 22.9. The summed E-state index contributed by atoms with van der Waals surface area (Å²) in [7, 11) is 4.51. The lowest BCUT2D eigenvalue weighted by Gasteiger charge is -2.37. The van der Waals surface area contributed by atoms with Crippen molar-refractivity contribution in [2.24, 2.45) is 10.9 Å². The molecule has 2 aromatic carbocycles. The van der Waals surface area contributed by atoms with Crippen LogP contribution < -0.4 is 9.47 Å². The largest absolute Gasteiger partial charge is 0.493 e. The van der Waals surface area contributed by atoms with Crippen LogP contribution in [0.15, 0.2) is 58.7 Å². The van der Waals surface area contributed by atoms with Gasteiger partial charge in [-0.2, -0.15) is 0 Å². The Kier molecular flexibility index (Phi) is 8.57. The molecule has 1 aliphatic heterocycles. The van der Waals surface area contributed by atoms with Crippen molar-refractivity contribution in [1.82, 2.24) is 0 Å². The van der Waals surface area contributed by atoms with Gasteiger partial charge in [-0.1, -0.05) is 24.6 Å². The first-order valence-corrected chi connectivity index (χ1v) is 14.3. The number of methoxy groups -OCH3 is 3. The van der Waals surface area contributed by atoms with Gasteiger partial charge in [0.1, 0.15) is 12.0 Å². The first kappa shape index (κ1) is 28.6. The molecular formula is C33H37NO7. The summed E-state index contributed by atoms with van der Waals surface area (Å²) in [5.41, 5.74) is 4.02. The lowest BCUT2D eigenvalue weighted by atomic mass is 9.69. The number of carbonyl (C=O) groups is 3. The van der Waals surface area contributed by atoms with Crippen LogP contribution in [0.1, 0.15) is 85.2 Å². The van der Waals surface area contributed by atoms with E-state index >= 15 is 0 Å². The van der Waals surface area contributed by atoms with Gasteiger partial charge in [-0.15, -0.1) is 0 Å². The smallest absolute Gasteiger partial charge is 0.337 e. The Labute approximate surface area is 240 Å². The Morgan fingerprint density at radius 2 is 1.54 bits per heavy atom. The molecule has 1 heterocycles. The number of ketones is 1. The molecule has 216 valence electrons. The number of hydrogen-bond donors (Lipinski definition) is 0. The van der Waals surface area contributed by atoms with Crippen LogP contribution in [0.3, 0.4) is 0 Å². The second kappa shape index (κ2) is 12.3. The summed E-state index contributed by atoms with van der Waals surface area (Å²) in [4.78, 5) is 44.7. The summed E-state index contributed by atoms with van der Waals surface area (Å²) in [6.07, 6.45) is 5.66. The third-order valence-corrected chi connectivity index (χ3v) is 8.55. The average molecular weight is 560 g/mol. The summed E-state index contributed by atoms with van der Waals surface area (Å²) < 4.78 is 21.8. The standard InChI is InChI=1S/C33H37NO7/c1-19-29(33(37)41-24-8-6-5-7-9-24)30(20-10-12-21(13-11-20)32(36)40-4)31-25(34-19)16-23(17-26(31)35)22-14-15-27(38-2)28(18-22)39-3/h10-15,18,23-24,29-30H,5-9,16-17H2,1-4H3/t23-,29?,30-/m0/s1. The molecule has 0 aromatic heterocycles. The molecule has 3 atom stereocenters. The summed E-state index contributed by atoms with van der Waals surface area (Å²) in [6, 6.07) is 12.7. The molecule has 0 amide bonds. The molecule has 1 saturated carbocycles. The predicted molar refractivity (Wildman–Crippen MR) is 154 cm³/mol. The van der Waals surface area contributed by atoms with Crippen molar-refractivity contribution in [2.75, 3.05) is 21.3 Å². The quantitative estimate of drug-likeness (QED) is 0.387. The number of hydrogen-bond acceptors (Lipinski definition) is 8. The summed E-state index contributed by atoms with van der Waals surface area (Å²) in [5, 5.41) is 0. The number of ether oxygens (including phenoxy) is 4. The molecule has 5 rings (SSSR count). The van der Waals surface area contributed by atoms with E-state index in [0.29, 0.717) is 40.5 Å². The molecule has 1 fully saturated rings. The van der Waals surface area contributed by atoms with Crippen LogP contribution in [-0.2, 0) is 19.1 Å². The highest BCUT2D eigenvalue weighted by Gasteiger charge is 2.45. The molecule has 3 aliphatic rings. The first-order chi connectivity index (χ1) is 19.8. The summed E-state index contributed by atoms with van der Waals surface area (Å²) in [5.74, 6) is -0.968. The average Bonchev–Trinajstić information content (AvgIpc) is 3.00. The minimum atomic E-state index is -0.721. The highest BCUT2D eigenvalue weighted by atomic mass is 16.5. The molecule has 0 radical (unpaired) electrons. The van der Waals surface area contributed by atoms with Gasteiger partial charge in [0, 0.05) is 29.3 Å². The number of benzene rings is 2. The molecule has 8 nitrogen and oxygen atoms in total. The van der Waals surface area contributed by atoms with Crippen molar-refractivity contribution in [3.63, 3.8) is 0 Å². The fourth-order valence-electron chi connectivity index (χ4n) is 6.43. The van der Waals surface area contributed by atoms with Crippen molar-refractivity contribution in [3.05, 3.63) is 70.4 Å². The zero-order valence-corrected chi connectivity index (χ0v) is 24.1. The molecule has 41 heavy (non-hydrogen) atoms. The zero-order chi connectivity index (χ0) is 29.1. The first-order valence-electron chi connectivity index (χ1n) is 14.3. The van der Waals surface area contributed by atoms with Crippen molar-refractivity contribution < 1.29 is 33.3 Å². The molecule has 0 saturated heterocycles. The van der Waals surface area contributed by atoms with E-state index in [1.165, 1.54) is 7.11 Å². The third-order valence-electron chi connectivity index (χ3n) is 8.55.